The number of rotatable bonds is 6. The van der Waals surface area contributed by atoms with Gasteiger partial charge in [-0.2, -0.15) is 0 Å². The van der Waals surface area contributed by atoms with Crippen molar-refractivity contribution >= 4 is 34.8 Å². The van der Waals surface area contributed by atoms with Crippen LogP contribution in [0, 0.1) is 5.41 Å². The minimum atomic E-state index is -0.341. The van der Waals surface area contributed by atoms with Crippen LogP contribution in [0.5, 0.6) is 0 Å². The molecule has 1 aromatic heterocycles. The first-order valence-corrected chi connectivity index (χ1v) is 9.00. The fraction of sp³-hybridized carbons (Fsp3) is 0.250. The number of ether oxygens (including phenoxy) is 1. The Morgan fingerprint density at radius 1 is 1.29 bits per heavy atom. The predicted octanol–water partition coefficient (Wildman–Crippen LogP) is 1.96. The van der Waals surface area contributed by atoms with E-state index in [1.807, 2.05) is 12.1 Å². The van der Waals surface area contributed by atoms with Crippen LogP contribution >= 0.6 is 0 Å². The molecule has 0 radical (unpaired) electrons. The highest BCUT2D eigenvalue weighted by atomic mass is 16.5. The highest BCUT2D eigenvalue weighted by Gasteiger charge is 2.15. The van der Waals surface area contributed by atoms with E-state index in [1.54, 1.807) is 37.6 Å². The monoisotopic (exact) mass is 380 g/mol. The lowest BCUT2D eigenvalue weighted by Crippen LogP contribution is -2.36. The minimum Gasteiger partial charge on any atom is -0.397 e. The number of anilines is 3. The minimum absolute atomic E-state index is 0.272. The summed E-state index contributed by atoms with van der Waals surface area (Å²) in [7, 11) is 1.76. The number of morpholine rings is 1. The molecule has 0 saturated carbocycles. The van der Waals surface area contributed by atoms with E-state index < -0.39 is 0 Å². The van der Waals surface area contributed by atoms with Gasteiger partial charge >= 0.3 is 0 Å². The number of hydrogen-bond donors (Lipinski definition) is 4. The van der Waals surface area contributed by atoms with Crippen LogP contribution in [0.3, 0.4) is 0 Å². The summed E-state index contributed by atoms with van der Waals surface area (Å²) in [4.78, 5) is 19.0. The molecule has 2 aromatic rings. The van der Waals surface area contributed by atoms with Gasteiger partial charge < -0.3 is 31.4 Å². The third-order valence-corrected chi connectivity index (χ3v) is 4.45. The van der Waals surface area contributed by atoms with Crippen LogP contribution in [0.25, 0.3) is 5.57 Å². The van der Waals surface area contributed by atoms with Crippen molar-refractivity contribution in [2.45, 2.75) is 0 Å². The maximum Gasteiger partial charge on any atom is 0.274 e. The molecule has 0 bridgehead atoms. The Hall–Kier alpha value is -3.39. The van der Waals surface area contributed by atoms with Gasteiger partial charge in [0.15, 0.2) is 0 Å². The quantitative estimate of drug-likeness (QED) is 0.450. The van der Waals surface area contributed by atoms with Gasteiger partial charge in [0.05, 0.1) is 24.6 Å². The number of aromatic nitrogens is 1. The van der Waals surface area contributed by atoms with E-state index in [1.165, 1.54) is 6.21 Å². The van der Waals surface area contributed by atoms with E-state index in [0.717, 1.165) is 24.3 Å². The predicted molar refractivity (Wildman–Crippen MR) is 112 cm³/mol. The van der Waals surface area contributed by atoms with Gasteiger partial charge in [0.1, 0.15) is 5.69 Å². The van der Waals surface area contributed by atoms with Crippen molar-refractivity contribution in [1.82, 2.24) is 10.3 Å². The van der Waals surface area contributed by atoms with E-state index in [-0.39, 0.29) is 11.6 Å². The van der Waals surface area contributed by atoms with Crippen LogP contribution in [-0.4, -0.2) is 50.5 Å². The molecule has 8 heteroatoms. The van der Waals surface area contributed by atoms with Gasteiger partial charge in [-0.05, 0) is 24.3 Å². The lowest BCUT2D eigenvalue weighted by atomic mass is 10.1. The molecule has 1 fully saturated rings. The molecule has 8 nitrogen and oxygen atoms in total. The van der Waals surface area contributed by atoms with Crippen LogP contribution in [0.4, 0.5) is 17.1 Å². The number of pyridine rings is 1. The number of carbonyl (C=O) groups excluding carboxylic acids is 1. The zero-order chi connectivity index (χ0) is 19.9. The molecule has 28 heavy (non-hydrogen) atoms. The molecule has 146 valence electrons. The Balaban J connectivity index is 1.75. The van der Waals surface area contributed by atoms with Gasteiger partial charge in [-0.3, -0.25) is 9.78 Å². The lowest BCUT2D eigenvalue weighted by Gasteiger charge is -2.29. The van der Waals surface area contributed by atoms with Crippen molar-refractivity contribution in [2.24, 2.45) is 0 Å². The van der Waals surface area contributed by atoms with Crippen LogP contribution < -0.4 is 21.3 Å². The zero-order valence-electron chi connectivity index (χ0n) is 15.7. The summed E-state index contributed by atoms with van der Waals surface area (Å²) in [6, 6.07) is 8.98. The third-order valence-electron chi connectivity index (χ3n) is 4.45. The second-order valence-electron chi connectivity index (χ2n) is 6.29. The summed E-state index contributed by atoms with van der Waals surface area (Å²) in [5, 5.41) is 13.2. The molecule has 0 atom stereocenters. The fourth-order valence-corrected chi connectivity index (χ4v) is 2.92. The van der Waals surface area contributed by atoms with Gasteiger partial charge in [0.25, 0.3) is 5.91 Å². The molecular weight excluding hydrogens is 356 g/mol. The summed E-state index contributed by atoms with van der Waals surface area (Å²) < 4.78 is 5.38. The second kappa shape index (κ2) is 9.01. The van der Waals surface area contributed by atoms with Gasteiger partial charge in [-0.15, -0.1) is 0 Å². The van der Waals surface area contributed by atoms with E-state index >= 15 is 0 Å². The van der Waals surface area contributed by atoms with E-state index in [4.69, 9.17) is 15.9 Å². The average molecular weight is 380 g/mol. The van der Waals surface area contributed by atoms with Crippen molar-refractivity contribution in [3.05, 3.63) is 54.0 Å². The van der Waals surface area contributed by atoms with Crippen molar-refractivity contribution in [3.63, 3.8) is 0 Å². The van der Waals surface area contributed by atoms with Crippen LogP contribution in [0.15, 0.2) is 42.7 Å². The smallest absolute Gasteiger partial charge is 0.274 e. The number of amides is 1. The molecule has 0 unspecified atom stereocenters. The molecule has 5 N–H and O–H groups in total. The molecule has 1 aliphatic rings. The number of nitrogen functional groups attached to an aromatic ring is 1. The normalized spacial score (nSPS) is 14.5. The zero-order valence-corrected chi connectivity index (χ0v) is 15.7. The highest BCUT2D eigenvalue weighted by molar-refractivity contribution is 6.08. The molecule has 0 aliphatic carbocycles. The van der Waals surface area contributed by atoms with Gasteiger partial charge in [0.2, 0.25) is 0 Å². The number of carbonyl (C=O) groups is 1. The van der Waals surface area contributed by atoms with Crippen LogP contribution in [-0.2, 0) is 4.74 Å². The first-order valence-electron chi connectivity index (χ1n) is 9.00. The highest BCUT2D eigenvalue weighted by Crippen LogP contribution is 2.26. The fourth-order valence-electron chi connectivity index (χ4n) is 2.92. The second-order valence-corrected chi connectivity index (χ2v) is 6.29. The van der Waals surface area contributed by atoms with E-state index in [0.29, 0.717) is 30.2 Å². The largest absolute Gasteiger partial charge is 0.397 e. The standard InChI is InChI=1S/C20H24N6O2/c1-23-12-15(11-21)14-2-5-18(24-13-14)20(27)25-19-10-16(3-4-17(19)22)26-6-8-28-9-7-26/h2-5,10-13,21,23H,6-9,22H2,1H3,(H,25,27)/b15-12+,21-11?. The third kappa shape index (κ3) is 4.47. The summed E-state index contributed by atoms with van der Waals surface area (Å²) in [6.45, 7) is 2.97. The number of nitrogens with one attached hydrogen (secondary N) is 3. The number of allylic oxidation sites excluding steroid dienone is 1. The molecule has 1 aliphatic heterocycles. The van der Waals surface area contributed by atoms with E-state index in [9.17, 15) is 4.79 Å². The molecule has 3 rings (SSSR count). The summed E-state index contributed by atoms with van der Waals surface area (Å²) >= 11 is 0. The maximum atomic E-state index is 12.6. The summed E-state index contributed by atoms with van der Waals surface area (Å²) in [5.41, 5.74) is 9.76. The maximum absolute atomic E-state index is 12.6. The first-order chi connectivity index (χ1) is 13.6. The van der Waals surface area contributed by atoms with Gasteiger partial charge in [-0.25, -0.2) is 0 Å². The number of hydrogen-bond acceptors (Lipinski definition) is 7. The van der Waals surface area contributed by atoms with Crippen molar-refractivity contribution in [1.29, 1.82) is 5.41 Å². The molecule has 1 saturated heterocycles. The summed E-state index contributed by atoms with van der Waals surface area (Å²) in [6.07, 6.45) is 4.49. The Morgan fingerprint density at radius 3 is 2.71 bits per heavy atom. The van der Waals surface area contributed by atoms with Crippen molar-refractivity contribution < 1.29 is 9.53 Å². The number of nitrogens with zero attached hydrogens (tertiary/aromatic N) is 2. The molecule has 0 spiro atoms. The Morgan fingerprint density at radius 2 is 2.07 bits per heavy atom. The molecule has 2 heterocycles. The van der Waals surface area contributed by atoms with Gasteiger partial charge in [-0.1, -0.05) is 6.07 Å². The summed E-state index contributed by atoms with van der Waals surface area (Å²) in [5.74, 6) is -0.341. The van der Waals surface area contributed by atoms with Crippen molar-refractivity contribution in [2.75, 3.05) is 49.3 Å². The first kappa shape index (κ1) is 19.4. The lowest BCUT2D eigenvalue weighted by molar-refractivity contribution is 0.102. The Kier molecular flexibility index (Phi) is 6.23. The molecule has 1 aromatic carbocycles. The Bertz CT molecular complexity index is 873. The molecule has 1 amide bonds. The van der Waals surface area contributed by atoms with Crippen LogP contribution in [0.1, 0.15) is 16.1 Å². The number of nitrogens with two attached hydrogens (primary N) is 1. The van der Waals surface area contributed by atoms with E-state index in [2.05, 4.69) is 20.5 Å². The SMILES string of the molecule is CN/C=C(\C=N)c1ccc(C(=O)Nc2cc(N3CCOCC3)ccc2N)nc1. The topological polar surface area (TPSA) is 116 Å². The van der Waals surface area contributed by atoms with Gasteiger partial charge in [0, 0.05) is 55.6 Å². The average Bonchev–Trinajstić information content (AvgIpc) is 2.74. The molecular formula is C20H24N6O2. The number of benzene rings is 1. The van der Waals surface area contributed by atoms with Crippen molar-refractivity contribution in [3.8, 4) is 0 Å². The van der Waals surface area contributed by atoms with Crippen LogP contribution in [0.2, 0.25) is 0 Å². The Labute approximate surface area is 163 Å².